The van der Waals surface area contributed by atoms with E-state index in [-0.39, 0.29) is 21.6 Å². The Morgan fingerprint density at radius 1 is 0.864 bits per heavy atom. The number of hydrogen-bond acceptors (Lipinski definition) is 7. The van der Waals surface area contributed by atoms with Gasteiger partial charge in [0, 0.05) is 37.8 Å². The zero-order valence-corrected chi connectivity index (χ0v) is 25.1. The van der Waals surface area contributed by atoms with Gasteiger partial charge in [0.05, 0.1) is 15.7 Å². The first-order valence-electron chi connectivity index (χ1n) is 13.3. The van der Waals surface area contributed by atoms with E-state index in [1.165, 1.54) is 24.3 Å². The normalized spacial score (nSPS) is 17.3. The third kappa shape index (κ3) is 10.1. The summed E-state index contributed by atoms with van der Waals surface area (Å²) in [5.74, 6) is -3.30. The van der Waals surface area contributed by atoms with Crippen molar-refractivity contribution in [2.24, 2.45) is 5.92 Å². The fourth-order valence-corrected chi connectivity index (χ4v) is 6.41. The zero-order valence-electron chi connectivity index (χ0n) is 23.5. The number of carboxylic acid groups (broad SMARTS) is 1. The predicted molar refractivity (Wildman–Crippen MR) is 156 cm³/mol. The van der Waals surface area contributed by atoms with Crippen molar-refractivity contribution in [2.45, 2.75) is 34.3 Å². The second kappa shape index (κ2) is 14.8. The molecule has 1 aliphatic heterocycles. The van der Waals surface area contributed by atoms with E-state index in [4.69, 9.17) is 9.90 Å². The van der Waals surface area contributed by atoms with Crippen molar-refractivity contribution in [3.05, 3.63) is 96.1 Å². The predicted octanol–water partition coefficient (Wildman–Crippen LogP) is 2.93. The number of piperidine rings is 1. The lowest BCUT2D eigenvalue weighted by Crippen LogP contribution is -2.52. The molecule has 2 atom stereocenters. The van der Waals surface area contributed by atoms with Gasteiger partial charge in [-0.25, -0.2) is 26.4 Å². The summed E-state index contributed by atoms with van der Waals surface area (Å²) in [6, 6.07) is 24.6. The second-order valence-electron chi connectivity index (χ2n) is 10.1. The van der Waals surface area contributed by atoms with Crippen molar-refractivity contribution in [3.8, 4) is 0 Å². The highest BCUT2D eigenvalue weighted by Crippen LogP contribution is 2.24. The molecule has 3 aromatic carbocycles. The summed E-state index contributed by atoms with van der Waals surface area (Å²) in [5.41, 5.74) is 2.20. The molecule has 10 nitrogen and oxygen atoms in total. The first-order chi connectivity index (χ1) is 20.6. The molecule has 238 valence electrons. The van der Waals surface area contributed by atoms with Crippen molar-refractivity contribution in [1.29, 1.82) is 0 Å². The van der Waals surface area contributed by atoms with E-state index >= 15 is 0 Å². The molecule has 0 radical (unpaired) electrons. The molecule has 1 amide bonds. The van der Waals surface area contributed by atoms with Crippen molar-refractivity contribution in [1.82, 2.24) is 15.4 Å². The minimum Gasteiger partial charge on any atom is -0.475 e. The molecular formula is C29H32F3N3O7S2. The van der Waals surface area contributed by atoms with E-state index in [0.29, 0.717) is 26.1 Å². The average Bonchev–Trinajstić information content (AvgIpc) is 2.98. The Kier molecular flexibility index (Phi) is 11.7. The lowest BCUT2D eigenvalue weighted by Gasteiger charge is -2.30. The van der Waals surface area contributed by atoms with Crippen LogP contribution in [-0.2, 0) is 29.4 Å². The monoisotopic (exact) mass is 655 g/mol. The van der Waals surface area contributed by atoms with Crippen LogP contribution < -0.4 is 15.4 Å². The molecule has 0 bridgehead atoms. The van der Waals surface area contributed by atoms with Gasteiger partial charge in [-0.2, -0.15) is 13.2 Å². The number of sulfone groups is 1. The van der Waals surface area contributed by atoms with Gasteiger partial charge in [-0.15, -0.1) is 0 Å². The molecule has 0 aromatic heterocycles. The average molecular weight is 656 g/mol. The van der Waals surface area contributed by atoms with Gasteiger partial charge in [-0.3, -0.25) is 4.79 Å². The van der Waals surface area contributed by atoms with Gasteiger partial charge in [0.1, 0.15) is 0 Å². The van der Waals surface area contributed by atoms with Crippen LogP contribution in [0, 0.1) is 5.92 Å². The van der Waals surface area contributed by atoms with Crippen LogP contribution in [0.2, 0.25) is 0 Å². The molecule has 1 heterocycles. The van der Waals surface area contributed by atoms with Gasteiger partial charge in [0.2, 0.25) is 15.9 Å². The molecule has 3 aromatic rings. The number of benzene rings is 3. The van der Waals surface area contributed by atoms with Gasteiger partial charge in [0.15, 0.2) is 9.84 Å². The number of sulfonamides is 1. The SMILES string of the molecule is CS(=O)(=O)c1ccc(S(=O)(=O)N[C@H]2CNC[C@@H](C(=O)NCC(c3ccccc3)c3ccccc3)C2)cc1.O=C(O)C(F)(F)F. The summed E-state index contributed by atoms with van der Waals surface area (Å²) >= 11 is 0. The van der Waals surface area contributed by atoms with Crippen molar-refractivity contribution < 1.29 is 44.7 Å². The molecule has 1 fully saturated rings. The van der Waals surface area contributed by atoms with Crippen molar-refractivity contribution >= 4 is 31.7 Å². The van der Waals surface area contributed by atoms with E-state index in [0.717, 1.165) is 17.4 Å². The highest BCUT2D eigenvalue weighted by atomic mass is 32.2. The first kappa shape index (κ1) is 34.7. The molecule has 0 aliphatic carbocycles. The third-order valence-electron chi connectivity index (χ3n) is 6.73. The summed E-state index contributed by atoms with van der Waals surface area (Å²) < 4.78 is 83.5. The number of amides is 1. The van der Waals surface area contributed by atoms with Crippen LogP contribution in [0.25, 0.3) is 0 Å². The van der Waals surface area contributed by atoms with Gasteiger partial charge in [-0.1, -0.05) is 60.7 Å². The molecule has 1 aliphatic rings. The summed E-state index contributed by atoms with van der Waals surface area (Å²) in [7, 11) is -7.31. The maximum absolute atomic E-state index is 13.1. The third-order valence-corrected chi connectivity index (χ3v) is 9.40. The van der Waals surface area contributed by atoms with Crippen molar-refractivity contribution in [2.75, 3.05) is 25.9 Å². The number of alkyl halides is 3. The number of rotatable bonds is 9. The summed E-state index contributed by atoms with van der Waals surface area (Å²) in [4.78, 5) is 22.0. The molecule has 4 rings (SSSR count). The smallest absolute Gasteiger partial charge is 0.475 e. The lowest BCUT2D eigenvalue weighted by atomic mass is 9.90. The quantitative estimate of drug-likeness (QED) is 0.274. The minimum atomic E-state index is -5.08. The Morgan fingerprint density at radius 3 is 1.80 bits per heavy atom. The topological polar surface area (TPSA) is 159 Å². The van der Waals surface area contributed by atoms with Crippen LogP contribution in [0.5, 0.6) is 0 Å². The molecular weight excluding hydrogens is 623 g/mol. The van der Waals surface area contributed by atoms with Gasteiger partial charge >= 0.3 is 12.1 Å². The Morgan fingerprint density at radius 2 is 1.34 bits per heavy atom. The van der Waals surface area contributed by atoms with Crippen LogP contribution in [-0.4, -0.2) is 71.9 Å². The van der Waals surface area contributed by atoms with Gasteiger partial charge < -0.3 is 15.7 Å². The molecule has 0 spiro atoms. The second-order valence-corrected chi connectivity index (χ2v) is 13.8. The van der Waals surface area contributed by atoms with E-state index < -0.39 is 44.0 Å². The van der Waals surface area contributed by atoms with Gasteiger partial charge in [0.25, 0.3) is 0 Å². The van der Waals surface area contributed by atoms with Crippen LogP contribution in [0.1, 0.15) is 23.5 Å². The Labute approximate surface area is 253 Å². The van der Waals surface area contributed by atoms with E-state index in [2.05, 4.69) is 15.4 Å². The molecule has 0 unspecified atom stereocenters. The highest BCUT2D eigenvalue weighted by molar-refractivity contribution is 7.90. The Balaban J connectivity index is 0.000000676. The Bertz CT molecular complexity index is 1580. The summed E-state index contributed by atoms with van der Waals surface area (Å²) in [6.07, 6.45) is -3.67. The molecule has 15 heteroatoms. The maximum Gasteiger partial charge on any atom is 0.490 e. The van der Waals surface area contributed by atoms with Crippen molar-refractivity contribution in [3.63, 3.8) is 0 Å². The first-order valence-corrected chi connectivity index (χ1v) is 16.7. The molecule has 4 N–H and O–H groups in total. The Hall–Kier alpha value is -3.79. The van der Waals surface area contributed by atoms with Crippen LogP contribution in [0.3, 0.4) is 0 Å². The molecule has 0 saturated carbocycles. The fraction of sp³-hybridized carbons (Fsp3) is 0.310. The van der Waals surface area contributed by atoms with E-state index in [1.54, 1.807) is 0 Å². The summed E-state index contributed by atoms with van der Waals surface area (Å²) in [5, 5.41) is 13.3. The van der Waals surface area contributed by atoms with E-state index in [9.17, 15) is 34.8 Å². The molecule has 44 heavy (non-hydrogen) atoms. The zero-order chi connectivity index (χ0) is 32.5. The number of carboxylic acids is 1. The number of carbonyl (C=O) groups excluding carboxylic acids is 1. The number of nitrogens with one attached hydrogen (secondary N) is 3. The maximum atomic E-state index is 13.1. The van der Waals surface area contributed by atoms with Crippen LogP contribution >= 0.6 is 0 Å². The number of hydrogen-bond donors (Lipinski definition) is 4. The number of aliphatic carboxylic acids is 1. The van der Waals surface area contributed by atoms with Gasteiger partial charge in [-0.05, 0) is 41.8 Å². The lowest BCUT2D eigenvalue weighted by molar-refractivity contribution is -0.192. The van der Waals surface area contributed by atoms with E-state index in [1.807, 2.05) is 60.7 Å². The minimum absolute atomic E-state index is 0.00731. The fourth-order valence-electron chi connectivity index (χ4n) is 4.53. The highest BCUT2D eigenvalue weighted by Gasteiger charge is 2.38. The number of halogens is 3. The van der Waals surface area contributed by atoms with Crippen LogP contribution in [0.15, 0.2) is 94.7 Å². The number of carbonyl (C=O) groups is 2. The standard InChI is InChI=1S/C27H31N3O5S2.C2HF3O2/c1-36(32,33)24-12-14-25(15-13-24)37(34,35)30-23-16-22(17-28-18-23)27(31)29-19-26(20-8-4-2-5-9-20)21-10-6-3-7-11-21;3-2(4,5)1(6)7/h2-15,22-23,26,28,30H,16-19H2,1H3,(H,29,31);(H,6,7)/t22-,23+;/m0./s1. The van der Waals surface area contributed by atoms with Crippen LogP contribution in [0.4, 0.5) is 13.2 Å². The largest absolute Gasteiger partial charge is 0.490 e. The summed E-state index contributed by atoms with van der Waals surface area (Å²) in [6.45, 7) is 1.27. The molecule has 1 saturated heterocycles.